The first kappa shape index (κ1) is 14.7. The Bertz CT molecular complexity index is 586. The van der Waals surface area contributed by atoms with E-state index in [4.69, 9.17) is 0 Å². The zero-order chi connectivity index (χ0) is 14.8. The van der Waals surface area contributed by atoms with Crippen LogP contribution in [0.25, 0.3) is 0 Å². The molecule has 2 aromatic heterocycles. The Morgan fingerprint density at radius 2 is 2.14 bits per heavy atom. The van der Waals surface area contributed by atoms with E-state index in [1.807, 2.05) is 30.9 Å². The third kappa shape index (κ3) is 3.33. The van der Waals surface area contributed by atoms with E-state index < -0.39 is 6.10 Å². The number of nitrogens with zero attached hydrogens (tertiary/aromatic N) is 4. The van der Waals surface area contributed by atoms with Crippen molar-refractivity contribution in [2.45, 2.75) is 32.4 Å². The quantitative estimate of drug-likeness (QED) is 0.940. The van der Waals surface area contributed by atoms with Gasteiger partial charge in [-0.15, -0.1) is 11.3 Å². The van der Waals surface area contributed by atoms with Gasteiger partial charge in [0.15, 0.2) is 0 Å². The smallest absolute Gasteiger partial charge is 0.137 e. The fourth-order valence-corrected chi connectivity index (χ4v) is 3.84. The van der Waals surface area contributed by atoms with Crippen molar-refractivity contribution < 1.29 is 5.11 Å². The second kappa shape index (κ2) is 6.25. The van der Waals surface area contributed by atoms with Crippen molar-refractivity contribution in [1.29, 1.82) is 0 Å². The normalized spacial score (nSPS) is 19.0. The van der Waals surface area contributed by atoms with Crippen LogP contribution in [0.3, 0.4) is 0 Å². The van der Waals surface area contributed by atoms with E-state index in [0.29, 0.717) is 5.92 Å². The van der Waals surface area contributed by atoms with Gasteiger partial charge in [0.25, 0.3) is 0 Å². The lowest BCUT2D eigenvalue weighted by atomic mass is 9.90. The summed E-state index contributed by atoms with van der Waals surface area (Å²) in [5.41, 5.74) is 0. The van der Waals surface area contributed by atoms with Crippen LogP contribution >= 0.6 is 11.3 Å². The molecule has 21 heavy (non-hydrogen) atoms. The maximum absolute atomic E-state index is 10.5. The summed E-state index contributed by atoms with van der Waals surface area (Å²) in [6.07, 6.45) is 7.21. The summed E-state index contributed by atoms with van der Waals surface area (Å²) >= 11 is 1.77. The number of aliphatic hydroxyl groups excluding tert-OH is 1. The number of imidazole rings is 1. The number of thiazole rings is 1. The predicted molar refractivity (Wildman–Crippen MR) is 83.0 cm³/mol. The number of likely N-dealkylation sites (tertiary alicyclic amines) is 1. The molecule has 0 radical (unpaired) electrons. The van der Waals surface area contributed by atoms with E-state index in [1.165, 1.54) is 4.88 Å². The molecular formula is C15H22N4OS. The molecule has 1 aliphatic heterocycles. The first-order valence-electron chi connectivity index (χ1n) is 7.42. The van der Waals surface area contributed by atoms with Crippen LogP contribution in [0.15, 0.2) is 18.6 Å². The second-order valence-electron chi connectivity index (χ2n) is 5.80. The average molecular weight is 306 g/mol. The summed E-state index contributed by atoms with van der Waals surface area (Å²) < 4.78 is 1.91. The molecule has 5 nitrogen and oxygen atoms in total. The molecule has 0 saturated carbocycles. The van der Waals surface area contributed by atoms with Crippen molar-refractivity contribution in [3.05, 3.63) is 34.3 Å². The van der Waals surface area contributed by atoms with Gasteiger partial charge in [0, 0.05) is 37.1 Å². The summed E-state index contributed by atoms with van der Waals surface area (Å²) in [5.74, 6) is 1.09. The molecule has 114 valence electrons. The van der Waals surface area contributed by atoms with Gasteiger partial charge in [-0.25, -0.2) is 9.97 Å². The minimum atomic E-state index is -0.446. The van der Waals surface area contributed by atoms with Gasteiger partial charge in [-0.3, -0.25) is 4.90 Å². The summed E-state index contributed by atoms with van der Waals surface area (Å²) in [4.78, 5) is 12.4. The molecule has 1 fully saturated rings. The molecule has 1 aliphatic rings. The fourth-order valence-electron chi connectivity index (χ4n) is 3.00. The SMILES string of the molecule is Cc1ncc(CN2CCC(C(O)c3nccn3C)CC2)s1. The lowest BCUT2D eigenvalue weighted by Gasteiger charge is -2.33. The van der Waals surface area contributed by atoms with Crippen LogP contribution < -0.4 is 0 Å². The number of hydrogen-bond donors (Lipinski definition) is 1. The Kier molecular flexibility index (Phi) is 4.37. The van der Waals surface area contributed by atoms with Crippen molar-refractivity contribution >= 4 is 11.3 Å². The minimum absolute atomic E-state index is 0.311. The standard InChI is InChI=1S/C15H22N4OS/c1-11-17-9-13(21-11)10-19-6-3-12(4-7-19)14(20)15-16-5-8-18(15)2/h5,8-9,12,14,20H,3-4,6-7,10H2,1-2H3. The molecule has 0 amide bonds. The highest BCUT2D eigenvalue weighted by Gasteiger charge is 2.28. The summed E-state index contributed by atoms with van der Waals surface area (Å²) in [7, 11) is 1.94. The van der Waals surface area contributed by atoms with Crippen LogP contribution in [-0.2, 0) is 13.6 Å². The summed E-state index contributed by atoms with van der Waals surface area (Å²) in [6, 6.07) is 0. The third-order valence-corrected chi connectivity index (χ3v) is 5.15. The molecule has 0 spiro atoms. The van der Waals surface area contributed by atoms with Gasteiger partial charge in [-0.2, -0.15) is 0 Å². The van der Waals surface area contributed by atoms with Gasteiger partial charge in [0.1, 0.15) is 11.9 Å². The monoisotopic (exact) mass is 306 g/mol. The van der Waals surface area contributed by atoms with E-state index in [9.17, 15) is 5.11 Å². The van der Waals surface area contributed by atoms with Crippen LogP contribution in [0, 0.1) is 12.8 Å². The Morgan fingerprint density at radius 1 is 1.38 bits per heavy atom. The highest BCUT2D eigenvalue weighted by Crippen LogP contribution is 2.30. The number of rotatable bonds is 4. The van der Waals surface area contributed by atoms with Crippen LogP contribution in [0.4, 0.5) is 0 Å². The Hall–Kier alpha value is -1.24. The minimum Gasteiger partial charge on any atom is -0.385 e. The number of hydrogen-bond acceptors (Lipinski definition) is 5. The van der Waals surface area contributed by atoms with Crippen molar-refractivity contribution in [3.8, 4) is 0 Å². The van der Waals surface area contributed by atoms with E-state index in [0.717, 1.165) is 43.3 Å². The molecule has 1 N–H and O–H groups in total. The molecule has 1 atom stereocenters. The molecule has 2 aromatic rings. The molecule has 0 bridgehead atoms. The van der Waals surface area contributed by atoms with E-state index in [1.54, 1.807) is 17.5 Å². The van der Waals surface area contributed by atoms with Gasteiger partial charge >= 0.3 is 0 Å². The average Bonchev–Trinajstić information content (AvgIpc) is 3.08. The van der Waals surface area contributed by atoms with E-state index in [-0.39, 0.29) is 0 Å². The lowest BCUT2D eigenvalue weighted by molar-refractivity contribution is 0.0494. The van der Waals surface area contributed by atoms with Crippen LogP contribution in [0.1, 0.15) is 34.7 Å². The number of aromatic nitrogens is 3. The molecule has 0 aliphatic carbocycles. The Morgan fingerprint density at radius 3 is 2.71 bits per heavy atom. The molecule has 1 saturated heterocycles. The second-order valence-corrected chi connectivity index (χ2v) is 7.12. The first-order chi connectivity index (χ1) is 10.1. The Labute approximate surface area is 129 Å². The van der Waals surface area contributed by atoms with Crippen molar-refractivity contribution in [2.24, 2.45) is 13.0 Å². The van der Waals surface area contributed by atoms with Gasteiger partial charge in [-0.05, 0) is 38.8 Å². The zero-order valence-corrected chi connectivity index (χ0v) is 13.4. The molecule has 6 heteroatoms. The topological polar surface area (TPSA) is 54.2 Å². The Balaban J connectivity index is 1.54. The zero-order valence-electron chi connectivity index (χ0n) is 12.6. The maximum atomic E-state index is 10.5. The largest absolute Gasteiger partial charge is 0.385 e. The van der Waals surface area contributed by atoms with Crippen molar-refractivity contribution in [3.63, 3.8) is 0 Å². The highest BCUT2D eigenvalue weighted by molar-refractivity contribution is 7.11. The third-order valence-electron chi connectivity index (χ3n) is 4.25. The molecule has 1 unspecified atom stereocenters. The molecule has 3 heterocycles. The first-order valence-corrected chi connectivity index (χ1v) is 8.24. The van der Waals surface area contributed by atoms with Gasteiger partial charge < -0.3 is 9.67 Å². The number of aliphatic hydroxyl groups is 1. The summed E-state index contributed by atoms with van der Waals surface area (Å²) in [5, 5.41) is 11.6. The van der Waals surface area contributed by atoms with Crippen LogP contribution in [0.2, 0.25) is 0 Å². The molecule has 0 aromatic carbocycles. The predicted octanol–water partition coefficient (Wildman–Crippen LogP) is 2.13. The number of piperidine rings is 1. The summed E-state index contributed by atoms with van der Waals surface area (Å²) in [6.45, 7) is 5.09. The molecule has 3 rings (SSSR count). The van der Waals surface area contributed by atoms with Crippen molar-refractivity contribution in [1.82, 2.24) is 19.4 Å². The fraction of sp³-hybridized carbons (Fsp3) is 0.600. The van der Waals surface area contributed by atoms with Gasteiger partial charge in [0.05, 0.1) is 5.01 Å². The lowest BCUT2D eigenvalue weighted by Crippen LogP contribution is -2.35. The van der Waals surface area contributed by atoms with E-state index in [2.05, 4.69) is 14.9 Å². The van der Waals surface area contributed by atoms with E-state index >= 15 is 0 Å². The number of aryl methyl sites for hydroxylation is 2. The van der Waals surface area contributed by atoms with Crippen molar-refractivity contribution in [2.75, 3.05) is 13.1 Å². The molecular weight excluding hydrogens is 284 g/mol. The van der Waals surface area contributed by atoms with Crippen LogP contribution in [0.5, 0.6) is 0 Å². The highest BCUT2D eigenvalue weighted by atomic mass is 32.1. The van der Waals surface area contributed by atoms with Gasteiger partial charge in [0.2, 0.25) is 0 Å². The van der Waals surface area contributed by atoms with Crippen LogP contribution in [-0.4, -0.2) is 37.6 Å². The van der Waals surface area contributed by atoms with Gasteiger partial charge in [-0.1, -0.05) is 0 Å². The maximum Gasteiger partial charge on any atom is 0.137 e.